The third kappa shape index (κ3) is 2.26. The second-order valence-corrected chi connectivity index (χ2v) is 3.73. The molecule has 0 radical (unpaired) electrons. The summed E-state index contributed by atoms with van der Waals surface area (Å²) in [6, 6.07) is 4.63. The number of halogens is 4. The van der Waals surface area contributed by atoms with E-state index < -0.39 is 11.7 Å². The van der Waals surface area contributed by atoms with Crippen LogP contribution in [0.15, 0.2) is 24.3 Å². The van der Waals surface area contributed by atoms with Crippen LogP contribution in [0, 0.1) is 6.92 Å². The standard InChI is InChI=1S/C10H7ClF3N3/c1-6-15-16-9(11)17(6)8-4-2-7(3-5-8)10(12,13)14/h2-5H,1H3. The number of alkyl halides is 3. The van der Waals surface area contributed by atoms with Crippen LogP contribution in [-0.4, -0.2) is 14.8 Å². The molecule has 0 unspecified atom stereocenters. The second-order valence-electron chi connectivity index (χ2n) is 3.40. The first-order chi connectivity index (χ1) is 7.89. The predicted molar refractivity (Wildman–Crippen MR) is 56.1 cm³/mol. The lowest BCUT2D eigenvalue weighted by molar-refractivity contribution is -0.137. The van der Waals surface area contributed by atoms with E-state index >= 15 is 0 Å². The number of aromatic nitrogens is 3. The Balaban J connectivity index is 2.43. The molecule has 90 valence electrons. The fraction of sp³-hybridized carbons (Fsp3) is 0.200. The number of benzene rings is 1. The van der Waals surface area contributed by atoms with Crippen LogP contribution in [0.2, 0.25) is 5.28 Å². The fourth-order valence-corrected chi connectivity index (χ4v) is 1.69. The molecule has 0 bridgehead atoms. The van der Waals surface area contributed by atoms with Gasteiger partial charge in [-0.05, 0) is 42.8 Å². The average molecular weight is 262 g/mol. The van der Waals surface area contributed by atoms with Gasteiger partial charge >= 0.3 is 6.18 Å². The van der Waals surface area contributed by atoms with Crippen LogP contribution in [0.3, 0.4) is 0 Å². The van der Waals surface area contributed by atoms with Crippen LogP contribution >= 0.6 is 11.6 Å². The van der Waals surface area contributed by atoms with Gasteiger partial charge in [0.1, 0.15) is 5.82 Å². The van der Waals surface area contributed by atoms with Gasteiger partial charge in [-0.2, -0.15) is 13.2 Å². The van der Waals surface area contributed by atoms with Gasteiger partial charge in [-0.3, -0.25) is 4.57 Å². The molecular weight excluding hydrogens is 255 g/mol. The Morgan fingerprint density at radius 3 is 2.12 bits per heavy atom. The molecule has 0 aliphatic rings. The van der Waals surface area contributed by atoms with E-state index in [9.17, 15) is 13.2 Å². The Kier molecular flexibility index (Phi) is 2.82. The molecule has 2 rings (SSSR count). The number of hydrogen-bond donors (Lipinski definition) is 0. The molecule has 0 fully saturated rings. The number of hydrogen-bond acceptors (Lipinski definition) is 2. The lowest BCUT2D eigenvalue weighted by Gasteiger charge is -2.09. The zero-order valence-electron chi connectivity index (χ0n) is 8.66. The minimum atomic E-state index is -4.34. The quantitative estimate of drug-likeness (QED) is 0.789. The summed E-state index contributed by atoms with van der Waals surface area (Å²) in [5.74, 6) is 0.509. The maximum Gasteiger partial charge on any atom is 0.416 e. The van der Waals surface area contributed by atoms with Gasteiger partial charge in [0.15, 0.2) is 0 Å². The number of rotatable bonds is 1. The first-order valence-electron chi connectivity index (χ1n) is 4.65. The average Bonchev–Trinajstić information content (AvgIpc) is 2.58. The topological polar surface area (TPSA) is 30.7 Å². The van der Waals surface area contributed by atoms with E-state index in [1.54, 1.807) is 6.92 Å². The smallest absolute Gasteiger partial charge is 0.270 e. The molecule has 1 heterocycles. The lowest BCUT2D eigenvalue weighted by Crippen LogP contribution is -2.05. The van der Waals surface area contributed by atoms with Crippen LogP contribution < -0.4 is 0 Å². The zero-order chi connectivity index (χ0) is 12.6. The Bertz CT molecular complexity index is 511. The van der Waals surface area contributed by atoms with E-state index in [0.717, 1.165) is 12.1 Å². The van der Waals surface area contributed by atoms with Crippen molar-refractivity contribution in [2.75, 3.05) is 0 Å². The highest BCUT2D eigenvalue weighted by Gasteiger charge is 2.30. The summed E-state index contributed by atoms with van der Waals surface area (Å²) < 4.78 is 38.5. The molecule has 0 amide bonds. The summed E-state index contributed by atoms with van der Waals surface area (Å²) in [7, 11) is 0. The summed E-state index contributed by atoms with van der Waals surface area (Å²) in [4.78, 5) is 0. The van der Waals surface area contributed by atoms with Gasteiger partial charge in [-0.25, -0.2) is 0 Å². The van der Waals surface area contributed by atoms with Gasteiger partial charge in [0.25, 0.3) is 0 Å². The van der Waals surface area contributed by atoms with Crippen LogP contribution in [0.25, 0.3) is 5.69 Å². The molecule has 2 aromatic rings. The fourth-order valence-electron chi connectivity index (χ4n) is 1.43. The van der Waals surface area contributed by atoms with Crippen LogP contribution in [0.5, 0.6) is 0 Å². The summed E-state index contributed by atoms with van der Waals surface area (Å²) in [6.07, 6.45) is -4.34. The van der Waals surface area contributed by atoms with Gasteiger partial charge in [-0.1, -0.05) is 0 Å². The summed E-state index contributed by atoms with van der Waals surface area (Å²) in [6.45, 7) is 1.66. The molecule has 0 saturated heterocycles. The van der Waals surface area contributed by atoms with E-state index in [0.29, 0.717) is 11.5 Å². The highest BCUT2D eigenvalue weighted by Crippen LogP contribution is 2.30. The van der Waals surface area contributed by atoms with Crippen molar-refractivity contribution in [2.24, 2.45) is 0 Å². The molecule has 1 aromatic heterocycles. The highest BCUT2D eigenvalue weighted by molar-refractivity contribution is 6.28. The Morgan fingerprint density at radius 2 is 1.71 bits per heavy atom. The first kappa shape index (κ1) is 11.9. The molecule has 0 saturated carbocycles. The molecular formula is C10H7ClF3N3. The van der Waals surface area contributed by atoms with E-state index in [4.69, 9.17) is 11.6 Å². The van der Waals surface area contributed by atoms with Gasteiger partial charge in [0, 0.05) is 5.69 Å². The first-order valence-corrected chi connectivity index (χ1v) is 5.02. The third-order valence-corrected chi connectivity index (χ3v) is 2.48. The molecule has 0 N–H and O–H groups in total. The van der Waals surface area contributed by atoms with E-state index in [2.05, 4.69) is 10.2 Å². The maximum absolute atomic E-state index is 12.4. The predicted octanol–water partition coefficient (Wildman–Crippen LogP) is 3.25. The molecule has 17 heavy (non-hydrogen) atoms. The van der Waals surface area contributed by atoms with Gasteiger partial charge in [-0.15, -0.1) is 10.2 Å². The number of nitrogens with zero attached hydrogens (tertiary/aromatic N) is 3. The Labute approximate surface area is 99.8 Å². The monoisotopic (exact) mass is 261 g/mol. The van der Waals surface area contributed by atoms with Crippen molar-refractivity contribution in [3.63, 3.8) is 0 Å². The van der Waals surface area contributed by atoms with Crippen LogP contribution in [0.1, 0.15) is 11.4 Å². The van der Waals surface area contributed by atoms with Gasteiger partial charge in [0.2, 0.25) is 5.28 Å². The number of aryl methyl sites for hydroxylation is 1. The van der Waals surface area contributed by atoms with E-state index in [-0.39, 0.29) is 5.28 Å². The SMILES string of the molecule is Cc1nnc(Cl)n1-c1ccc(C(F)(F)F)cc1. The zero-order valence-corrected chi connectivity index (χ0v) is 9.42. The van der Waals surface area contributed by atoms with Gasteiger partial charge in [0.05, 0.1) is 5.56 Å². The second kappa shape index (κ2) is 4.03. The maximum atomic E-state index is 12.4. The van der Waals surface area contributed by atoms with Crippen molar-refractivity contribution < 1.29 is 13.2 Å². The lowest BCUT2D eigenvalue weighted by atomic mass is 10.2. The van der Waals surface area contributed by atoms with Crippen LogP contribution in [0.4, 0.5) is 13.2 Å². The molecule has 0 aliphatic carbocycles. The largest absolute Gasteiger partial charge is 0.416 e. The molecule has 0 atom stereocenters. The van der Waals surface area contributed by atoms with Gasteiger partial charge < -0.3 is 0 Å². The molecule has 0 aliphatic heterocycles. The van der Waals surface area contributed by atoms with Crippen LogP contribution in [-0.2, 0) is 6.18 Å². The van der Waals surface area contributed by atoms with Crippen molar-refractivity contribution >= 4 is 11.6 Å². The molecule has 3 nitrogen and oxygen atoms in total. The van der Waals surface area contributed by atoms with E-state index in [1.165, 1.54) is 16.7 Å². The summed E-state index contributed by atoms with van der Waals surface area (Å²) in [5, 5.41) is 7.46. The van der Waals surface area contributed by atoms with Crippen molar-refractivity contribution in [3.8, 4) is 5.69 Å². The molecule has 1 aromatic carbocycles. The summed E-state index contributed by atoms with van der Waals surface area (Å²) in [5.41, 5.74) is -0.214. The normalized spacial score (nSPS) is 11.8. The Hall–Kier alpha value is -1.56. The third-order valence-electron chi connectivity index (χ3n) is 2.24. The van der Waals surface area contributed by atoms with Crippen molar-refractivity contribution in [3.05, 3.63) is 40.9 Å². The van der Waals surface area contributed by atoms with E-state index in [1.807, 2.05) is 0 Å². The highest BCUT2D eigenvalue weighted by atomic mass is 35.5. The van der Waals surface area contributed by atoms with Crippen molar-refractivity contribution in [2.45, 2.75) is 13.1 Å². The summed E-state index contributed by atoms with van der Waals surface area (Å²) >= 11 is 5.78. The molecule has 0 spiro atoms. The Morgan fingerprint density at radius 1 is 1.12 bits per heavy atom. The van der Waals surface area contributed by atoms with Crippen molar-refractivity contribution in [1.82, 2.24) is 14.8 Å². The van der Waals surface area contributed by atoms with Crippen molar-refractivity contribution in [1.29, 1.82) is 0 Å². The minimum absolute atomic E-state index is 0.113. The minimum Gasteiger partial charge on any atom is -0.270 e. The molecule has 7 heteroatoms.